The van der Waals surface area contributed by atoms with Crippen LogP contribution in [0.1, 0.15) is 8.97 Å². The van der Waals surface area contributed by atoms with Crippen LogP contribution in [0.5, 0.6) is 0 Å². The van der Waals surface area contributed by atoms with Gasteiger partial charge in [0.25, 0.3) is 0 Å². The lowest BCUT2D eigenvalue weighted by Gasteiger charge is -2.25. The Morgan fingerprint density at radius 1 is 1.76 bits per heavy atom. The number of nitrogens with two attached hydrogens (primary N) is 1. The van der Waals surface area contributed by atoms with Crippen LogP contribution in [-0.4, -0.2) is 43.4 Å². The smallest absolute Gasteiger partial charge is 0.351 e. The van der Waals surface area contributed by atoms with Gasteiger partial charge in [-0.15, -0.1) is 0 Å². The summed E-state index contributed by atoms with van der Waals surface area (Å²) in [7, 11) is 0. The molecule has 7 nitrogen and oxygen atoms in total. The number of anilines is 1. The lowest BCUT2D eigenvalue weighted by molar-refractivity contribution is -0.0467. The Labute approximate surface area is 130 Å². The molecule has 2 heterocycles. The Hall–Kier alpha value is -1.37. The van der Waals surface area contributed by atoms with E-state index in [1.807, 2.05) is 5.38 Å². The fraction of sp³-hybridized carbons (Fsp3) is 0.455. The van der Waals surface area contributed by atoms with E-state index in [9.17, 15) is 19.4 Å². The molecule has 114 valence electrons. The van der Waals surface area contributed by atoms with Crippen LogP contribution >= 0.6 is 23.2 Å². The molecule has 21 heavy (non-hydrogen) atoms. The predicted octanol–water partition coefficient (Wildman–Crippen LogP) is -0.607. The molecule has 4 atom stereocenters. The minimum absolute atomic E-state index is 0.537. The SMILES string of the molecule is [2H]C([2H])(O)[C@H]1O[C@@H](n2cc(F)c(N)nc2=O)C(Cl)(C#CCl)[C@H]1O. The van der Waals surface area contributed by atoms with E-state index < -0.39 is 47.2 Å². The van der Waals surface area contributed by atoms with Crippen LogP contribution in [0.15, 0.2) is 11.0 Å². The quantitative estimate of drug-likeness (QED) is 0.490. The van der Waals surface area contributed by atoms with Crippen LogP contribution in [0.2, 0.25) is 0 Å². The fourth-order valence-electron chi connectivity index (χ4n) is 1.88. The van der Waals surface area contributed by atoms with Crippen molar-refractivity contribution in [2.24, 2.45) is 0 Å². The van der Waals surface area contributed by atoms with Gasteiger partial charge in [0.1, 0.15) is 12.2 Å². The van der Waals surface area contributed by atoms with E-state index in [4.69, 9.17) is 36.4 Å². The maximum absolute atomic E-state index is 13.6. The highest BCUT2D eigenvalue weighted by Gasteiger charge is 2.56. The fourth-order valence-corrected chi connectivity index (χ4v) is 2.40. The third-order valence-corrected chi connectivity index (χ3v) is 3.50. The average molecular weight is 340 g/mol. The Morgan fingerprint density at radius 2 is 2.43 bits per heavy atom. The van der Waals surface area contributed by atoms with Crippen molar-refractivity contribution in [3.63, 3.8) is 0 Å². The second-order valence-electron chi connectivity index (χ2n) is 4.13. The first-order valence-electron chi connectivity index (χ1n) is 6.44. The molecule has 0 radical (unpaired) electrons. The monoisotopic (exact) mass is 339 g/mol. The number of aromatic nitrogens is 2. The molecule has 1 aliphatic rings. The Kier molecular flexibility index (Phi) is 3.67. The molecule has 0 bridgehead atoms. The van der Waals surface area contributed by atoms with Crippen molar-refractivity contribution in [3.8, 4) is 11.3 Å². The summed E-state index contributed by atoms with van der Waals surface area (Å²) in [6.45, 7) is -3.02. The summed E-state index contributed by atoms with van der Waals surface area (Å²) >= 11 is 11.4. The van der Waals surface area contributed by atoms with Crippen LogP contribution < -0.4 is 11.4 Å². The van der Waals surface area contributed by atoms with Gasteiger partial charge in [-0.05, 0) is 11.6 Å². The second-order valence-corrected chi connectivity index (χ2v) is 4.95. The molecule has 0 aliphatic carbocycles. The number of hydrogen-bond acceptors (Lipinski definition) is 6. The molecule has 1 fully saturated rings. The van der Waals surface area contributed by atoms with E-state index in [0.29, 0.717) is 10.8 Å². The number of ether oxygens (including phenoxy) is 1. The van der Waals surface area contributed by atoms with E-state index in [1.165, 1.54) is 0 Å². The third-order valence-electron chi connectivity index (χ3n) is 2.90. The molecule has 0 aromatic carbocycles. The molecular weight excluding hydrogens is 328 g/mol. The first-order chi connectivity index (χ1) is 10.5. The Morgan fingerprint density at radius 3 is 3.00 bits per heavy atom. The number of alkyl halides is 1. The Bertz CT molecular complexity index is 748. The van der Waals surface area contributed by atoms with Gasteiger partial charge in [0.2, 0.25) is 0 Å². The lowest BCUT2D eigenvalue weighted by atomic mass is 9.99. The molecule has 10 heteroatoms. The molecule has 1 saturated heterocycles. The minimum atomic E-state index is -3.02. The zero-order valence-corrected chi connectivity index (χ0v) is 11.6. The van der Waals surface area contributed by atoms with Crippen molar-refractivity contribution in [2.75, 3.05) is 12.3 Å². The van der Waals surface area contributed by atoms with E-state index in [0.717, 1.165) is 0 Å². The van der Waals surface area contributed by atoms with Crippen LogP contribution in [0.4, 0.5) is 10.2 Å². The number of aliphatic hydroxyl groups excluding tert-OH is 1. The van der Waals surface area contributed by atoms with Gasteiger partial charge in [0.05, 0.1) is 15.5 Å². The molecular formula is C11H10Cl2FN3O4. The van der Waals surface area contributed by atoms with Crippen LogP contribution in [0.3, 0.4) is 0 Å². The van der Waals surface area contributed by atoms with Crippen molar-refractivity contribution < 1.29 is 22.1 Å². The van der Waals surface area contributed by atoms with E-state index in [1.54, 1.807) is 0 Å². The highest BCUT2D eigenvalue weighted by molar-refractivity contribution is 6.32. The van der Waals surface area contributed by atoms with Gasteiger partial charge >= 0.3 is 5.69 Å². The maximum atomic E-state index is 13.6. The van der Waals surface area contributed by atoms with E-state index in [2.05, 4.69) is 10.9 Å². The van der Waals surface area contributed by atoms with E-state index in [-0.39, 0.29) is 0 Å². The third kappa shape index (κ3) is 2.59. The lowest BCUT2D eigenvalue weighted by Crippen LogP contribution is -2.43. The summed E-state index contributed by atoms with van der Waals surface area (Å²) in [5.41, 5.74) is 4.08. The van der Waals surface area contributed by atoms with Crippen molar-refractivity contribution in [1.29, 1.82) is 0 Å². The summed E-state index contributed by atoms with van der Waals surface area (Å²) in [4.78, 5) is 12.9. The van der Waals surface area contributed by atoms with Crippen molar-refractivity contribution in [2.45, 2.75) is 23.3 Å². The Balaban J connectivity index is 2.62. The number of halogens is 3. The minimum Gasteiger partial charge on any atom is -0.394 e. The summed E-state index contributed by atoms with van der Waals surface area (Å²) in [5.74, 6) is 0.432. The van der Waals surface area contributed by atoms with E-state index >= 15 is 0 Å². The summed E-state index contributed by atoms with van der Waals surface area (Å²) in [5, 5.41) is 21.5. The highest BCUT2D eigenvalue weighted by atomic mass is 35.5. The molecule has 1 aliphatic heterocycles. The van der Waals surface area contributed by atoms with Gasteiger partial charge in [-0.1, -0.05) is 17.5 Å². The van der Waals surface area contributed by atoms with Crippen molar-refractivity contribution >= 4 is 29.0 Å². The summed E-state index contributed by atoms with van der Waals surface area (Å²) < 4.78 is 33.7. The number of nitrogens with zero attached hydrogens (tertiary/aromatic N) is 2. The molecule has 2 rings (SSSR count). The van der Waals surface area contributed by atoms with Crippen molar-refractivity contribution in [1.82, 2.24) is 9.55 Å². The number of rotatable bonds is 2. The number of hydrogen-bond donors (Lipinski definition) is 3. The molecule has 0 spiro atoms. The second kappa shape index (κ2) is 5.79. The summed E-state index contributed by atoms with van der Waals surface area (Å²) in [6.07, 6.45) is -4.85. The predicted molar refractivity (Wildman–Crippen MR) is 72.1 cm³/mol. The zero-order valence-electron chi connectivity index (χ0n) is 12.1. The molecule has 0 amide bonds. The number of aliphatic hydroxyl groups is 2. The summed E-state index contributed by atoms with van der Waals surface area (Å²) in [6, 6.07) is 0. The van der Waals surface area contributed by atoms with Crippen LogP contribution in [0.25, 0.3) is 0 Å². The molecule has 0 saturated carbocycles. The van der Waals surface area contributed by atoms with Gasteiger partial charge in [0.15, 0.2) is 22.7 Å². The van der Waals surface area contributed by atoms with Crippen LogP contribution in [0, 0.1) is 17.1 Å². The van der Waals surface area contributed by atoms with Crippen LogP contribution in [-0.2, 0) is 4.74 Å². The molecule has 4 N–H and O–H groups in total. The van der Waals surface area contributed by atoms with Gasteiger partial charge in [-0.25, -0.2) is 9.18 Å². The molecule has 1 unspecified atom stereocenters. The normalized spacial score (nSPS) is 33.9. The van der Waals surface area contributed by atoms with Crippen molar-refractivity contribution in [3.05, 3.63) is 22.5 Å². The number of nitrogen functional groups attached to an aromatic ring is 1. The zero-order chi connectivity index (χ0) is 17.6. The van der Waals surface area contributed by atoms with Gasteiger partial charge < -0.3 is 20.7 Å². The van der Waals surface area contributed by atoms with Gasteiger partial charge in [0, 0.05) is 5.38 Å². The largest absolute Gasteiger partial charge is 0.394 e. The van der Waals surface area contributed by atoms with Gasteiger partial charge in [-0.2, -0.15) is 4.98 Å². The highest BCUT2D eigenvalue weighted by Crippen LogP contribution is 2.42. The standard InChI is InChI=1S/C11H10Cl2FN3O4/c12-2-1-11(13)7(19)6(4-18)21-9(11)17-3-5(14)8(15)16-10(17)20/h3,6-7,9,18-19H,4H2,(H2,15,16,20)/t6-,7+,9-,11?/m1/s1/i4D2. The molecule has 1 aromatic heterocycles. The maximum Gasteiger partial charge on any atom is 0.351 e. The first-order valence-corrected chi connectivity index (χ1v) is 6.19. The van der Waals surface area contributed by atoms with Gasteiger partial charge in [-0.3, -0.25) is 4.57 Å². The average Bonchev–Trinajstić information content (AvgIpc) is 2.67. The first kappa shape index (κ1) is 13.3. The topological polar surface area (TPSA) is 111 Å². The molecule has 1 aromatic rings.